The van der Waals surface area contributed by atoms with Crippen molar-refractivity contribution in [1.82, 2.24) is 10.4 Å². The van der Waals surface area contributed by atoms with E-state index in [2.05, 4.69) is 20.5 Å². The summed E-state index contributed by atoms with van der Waals surface area (Å²) in [4.78, 5) is 21.0. The smallest absolute Gasteiger partial charge is 0.290 e. The molecule has 4 rings (SSSR count). The van der Waals surface area contributed by atoms with Crippen molar-refractivity contribution in [2.75, 3.05) is 42.7 Å². The Kier molecular flexibility index (Phi) is 8.75. The zero-order valence-electron chi connectivity index (χ0n) is 23.0. The first-order chi connectivity index (χ1) is 19.5. The summed E-state index contributed by atoms with van der Waals surface area (Å²) in [6.45, 7) is 0. The molecular weight excluding hydrogens is 516 g/mol. The summed E-state index contributed by atoms with van der Waals surface area (Å²) < 4.78 is 32.4. The number of ether oxygens (including phenoxy) is 6. The Morgan fingerprint density at radius 1 is 0.725 bits per heavy atom. The van der Waals surface area contributed by atoms with Crippen LogP contribution in [0.4, 0.5) is 5.69 Å². The number of fused-ring (bicyclic) bond motifs is 1. The fourth-order valence-electron chi connectivity index (χ4n) is 4.14. The van der Waals surface area contributed by atoms with Crippen LogP contribution in [0.15, 0.2) is 58.6 Å². The number of amides is 1. The zero-order valence-corrected chi connectivity index (χ0v) is 23.0. The topological polar surface area (TPSA) is 125 Å². The third-order valence-corrected chi connectivity index (χ3v) is 6.00. The molecule has 0 spiro atoms. The van der Waals surface area contributed by atoms with Gasteiger partial charge >= 0.3 is 0 Å². The number of benzene rings is 3. The summed E-state index contributed by atoms with van der Waals surface area (Å²) in [5.41, 5.74) is 5.32. The molecule has 0 saturated carbocycles. The van der Waals surface area contributed by atoms with Crippen molar-refractivity contribution in [2.24, 2.45) is 10.1 Å². The van der Waals surface area contributed by atoms with Crippen LogP contribution in [-0.2, 0) is 0 Å². The molecule has 3 aromatic carbocycles. The van der Waals surface area contributed by atoms with Crippen molar-refractivity contribution in [3.05, 3.63) is 65.4 Å². The number of hydrogen-bond donors (Lipinski definition) is 2. The number of methoxy groups -OCH3 is 6. The van der Waals surface area contributed by atoms with E-state index in [4.69, 9.17) is 28.4 Å². The Balaban J connectivity index is 1.65. The quantitative estimate of drug-likeness (QED) is 0.206. The number of aromatic amines is 1. The van der Waals surface area contributed by atoms with Crippen molar-refractivity contribution in [2.45, 2.75) is 0 Å². The van der Waals surface area contributed by atoms with Gasteiger partial charge in [0.2, 0.25) is 11.5 Å². The minimum atomic E-state index is -0.475. The van der Waals surface area contributed by atoms with Crippen molar-refractivity contribution >= 4 is 34.9 Å². The molecule has 0 aliphatic rings. The van der Waals surface area contributed by atoms with Crippen LogP contribution in [0.2, 0.25) is 0 Å². The molecule has 0 atom stereocenters. The van der Waals surface area contributed by atoms with Gasteiger partial charge in [0.1, 0.15) is 11.4 Å². The average molecular weight is 547 g/mol. The highest BCUT2D eigenvalue weighted by atomic mass is 16.5. The van der Waals surface area contributed by atoms with Crippen LogP contribution in [-0.4, -0.2) is 66.0 Å². The molecule has 2 N–H and O–H groups in total. The van der Waals surface area contributed by atoms with Crippen LogP contribution >= 0.6 is 0 Å². The predicted molar refractivity (Wildman–Crippen MR) is 153 cm³/mol. The van der Waals surface area contributed by atoms with E-state index in [9.17, 15) is 4.79 Å². The summed E-state index contributed by atoms with van der Waals surface area (Å²) in [6.07, 6.45) is 3.10. The van der Waals surface area contributed by atoms with Crippen LogP contribution in [0.5, 0.6) is 34.5 Å². The molecule has 0 radical (unpaired) electrons. The van der Waals surface area contributed by atoms with Crippen LogP contribution in [0, 0.1) is 0 Å². The van der Waals surface area contributed by atoms with Gasteiger partial charge in [-0.15, -0.1) is 0 Å². The third kappa shape index (κ3) is 5.63. The summed E-state index contributed by atoms with van der Waals surface area (Å²) in [5, 5.41) is 4.89. The van der Waals surface area contributed by atoms with E-state index >= 15 is 0 Å². The molecule has 4 aromatic rings. The highest BCUT2D eigenvalue weighted by molar-refractivity contribution is 6.08. The van der Waals surface area contributed by atoms with E-state index in [0.29, 0.717) is 51.3 Å². The van der Waals surface area contributed by atoms with Gasteiger partial charge in [-0.25, -0.2) is 5.43 Å². The van der Waals surface area contributed by atoms with Gasteiger partial charge in [-0.05, 0) is 30.3 Å². The minimum absolute atomic E-state index is 0.243. The van der Waals surface area contributed by atoms with Crippen LogP contribution in [0.25, 0.3) is 10.9 Å². The second kappa shape index (κ2) is 12.6. The number of hydrazone groups is 1. The lowest BCUT2D eigenvalue weighted by Crippen LogP contribution is -2.18. The van der Waals surface area contributed by atoms with Crippen molar-refractivity contribution in [1.29, 1.82) is 0 Å². The largest absolute Gasteiger partial charge is 0.493 e. The monoisotopic (exact) mass is 546 g/mol. The van der Waals surface area contributed by atoms with Crippen molar-refractivity contribution in [3.63, 3.8) is 0 Å². The lowest BCUT2D eigenvalue weighted by atomic mass is 10.2. The molecule has 0 fully saturated rings. The lowest BCUT2D eigenvalue weighted by Gasteiger charge is -2.12. The number of aromatic nitrogens is 1. The molecule has 0 aliphatic carbocycles. The van der Waals surface area contributed by atoms with E-state index < -0.39 is 5.91 Å². The molecule has 0 saturated heterocycles. The van der Waals surface area contributed by atoms with Crippen molar-refractivity contribution in [3.8, 4) is 34.5 Å². The summed E-state index contributed by atoms with van der Waals surface area (Å²) in [7, 11) is 9.19. The van der Waals surface area contributed by atoms with Gasteiger partial charge in [0, 0.05) is 28.2 Å². The number of nitrogens with one attached hydrogen (secondary N) is 2. The fourth-order valence-corrected chi connectivity index (χ4v) is 4.14. The molecule has 0 unspecified atom stereocenters. The first-order valence-corrected chi connectivity index (χ1v) is 12.1. The first-order valence-electron chi connectivity index (χ1n) is 12.1. The summed E-state index contributed by atoms with van der Waals surface area (Å²) in [6, 6.07) is 14.4. The maximum Gasteiger partial charge on any atom is 0.290 e. The van der Waals surface area contributed by atoms with Gasteiger partial charge < -0.3 is 33.4 Å². The van der Waals surface area contributed by atoms with E-state index in [1.165, 1.54) is 34.7 Å². The normalized spacial score (nSPS) is 11.2. The number of H-pyrrole nitrogens is 1. The molecule has 11 nitrogen and oxygen atoms in total. The van der Waals surface area contributed by atoms with Gasteiger partial charge in [-0.3, -0.25) is 9.79 Å². The molecular formula is C29H30N4O7. The van der Waals surface area contributed by atoms with E-state index in [1.54, 1.807) is 44.7 Å². The standard InChI is InChI=1S/C29H30N4O7/c1-35-21-11-17(12-22(36-2)27(21)39-5)15-30-25-19-9-7-8-10-20(19)32-26(25)29(34)33-31-16-18-13-23(37-3)28(40-6)24(14-18)38-4/h7-16,32H,1-6H3,(H,33,34)/b30-15?,31-16+. The molecule has 40 heavy (non-hydrogen) atoms. The van der Waals surface area contributed by atoms with Gasteiger partial charge in [0.15, 0.2) is 23.0 Å². The summed E-state index contributed by atoms with van der Waals surface area (Å²) >= 11 is 0. The Morgan fingerprint density at radius 3 is 1.73 bits per heavy atom. The number of rotatable bonds is 11. The molecule has 11 heteroatoms. The van der Waals surface area contributed by atoms with Crippen molar-refractivity contribution < 1.29 is 33.2 Å². The number of carbonyl (C=O) groups is 1. The highest BCUT2D eigenvalue weighted by Gasteiger charge is 2.18. The van der Waals surface area contributed by atoms with Crippen LogP contribution < -0.4 is 33.8 Å². The van der Waals surface area contributed by atoms with Gasteiger partial charge in [0.05, 0.1) is 48.9 Å². The number of para-hydroxylation sites is 1. The fraction of sp³-hybridized carbons (Fsp3) is 0.207. The molecule has 1 aromatic heterocycles. The Hall–Kier alpha value is -5.19. The van der Waals surface area contributed by atoms with Gasteiger partial charge in [-0.2, -0.15) is 5.10 Å². The minimum Gasteiger partial charge on any atom is -0.493 e. The Labute approximate surface area is 231 Å². The number of carbonyl (C=O) groups excluding carboxylic acids is 1. The predicted octanol–water partition coefficient (Wildman–Crippen LogP) is 4.73. The maximum atomic E-state index is 13.2. The first kappa shape index (κ1) is 27.8. The van der Waals surface area contributed by atoms with E-state index in [-0.39, 0.29) is 5.69 Å². The molecule has 0 aliphatic heterocycles. The SMILES string of the molecule is COc1cc(C=Nc2c(C(=O)N/N=C/c3cc(OC)c(OC)c(OC)c3)[nH]c3ccccc23)cc(OC)c1OC. The Morgan fingerprint density at radius 2 is 1.23 bits per heavy atom. The second-order valence-corrected chi connectivity index (χ2v) is 8.27. The lowest BCUT2D eigenvalue weighted by molar-refractivity contribution is 0.0951. The highest BCUT2D eigenvalue weighted by Crippen LogP contribution is 2.39. The summed E-state index contributed by atoms with van der Waals surface area (Å²) in [5.74, 6) is 2.36. The number of aliphatic imine (C=N–C) groups is 1. The molecule has 208 valence electrons. The number of hydrogen-bond acceptors (Lipinski definition) is 9. The molecule has 0 bridgehead atoms. The van der Waals surface area contributed by atoms with Gasteiger partial charge in [-0.1, -0.05) is 18.2 Å². The zero-order chi connectivity index (χ0) is 28.6. The second-order valence-electron chi connectivity index (χ2n) is 8.27. The van der Waals surface area contributed by atoms with E-state index in [0.717, 1.165) is 10.9 Å². The third-order valence-electron chi connectivity index (χ3n) is 6.00. The number of nitrogens with zero attached hydrogens (tertiary/aromatic N) is 2. The maximum absolute atomic E-state index is 13.2. The van der Waals surface area contributed by atoms with Gasteiger partial charge in [0.25, 0.3) is 5.91 Å². The molecule has 1 heterocycles. The van der Waals surface area contributed by atoms with Crippen LogP contribution in [0.1, 0.15) is 21.6 Å². The average Bonchev–Trinajstić information content (AvgIpc) is 3.37. The van der Waals surface area contributed by atoms with Crippen LogP contribution in [0.3, 0.4) is 0 Å². The molecule has 1 amide bonds. The van der Waals surface area contributed by atoms with E-state index in [1.807, 2.05) is 24.3 Å². The Bertz CT molecular complexity index is 1530.